The average molecular weight is 301 g/mol. The summed E-state index contributed by atoms with van der Waals surface area (Å²) < 4.78 is 20.6. The van der Waals surface area contributed by atoms with Crippen molar-refractivity contribution in [3.05, 3.63) is 17.6 Å². The van der Waals surface area contributed by atoms with Crippen molar-refractivity contribution in [1.29, 1.82) is 0 Å². The van der Waals surface area contributed by atoms with Gasteiger partial charge in [0.1, 0.15) is 11.6 Å². The molecular formula is C12H14ClFN4O2. The summed E-state index contributed by atoms with van der Waals surface area (Å²) in [4.78, 5) is 11.2. The van der Waals surface area contributed by atoms with Crippen molar-refractivity contribution >= 4 is 22.8 Å². The largest absolute Gasteiger partial charge is 0.388 e. The van der Waals surface area contributed by atoms with Crippen LogP contribution in [0.2, 0.25) is 5.15 Å². The Bertz CT molecular complexity index is 650. The Balaban J connectivity index is 2.07. The lowest BCUT2D eigenvalue weighted by atomic mass is 9.99. The molecule has 4 atom stereocenters. The summed E-state index contributed by atoms with van der Waals surface area (Å²) >= 11 is 5.83. The molecule has 1 N–H and O–H groups in total. The van der Waals surface area contributed by atoms with Gasteiger partial charge in [0.05, 0.1) is 12.4 Å². The van der Waals surface area contributed by atoms with Crippen LogP contribution in [-0.4, -0.2) is 36.8 Å². The molecule has 1 aliphatic rings. The summed E-state index contributed by atoms with van der Waals surface area (Å²) in [6.07, 6.45) is -0.139. The third kappa shape index (κ3) is 1.97. The SMILES string of the molecule is CC[C@H]1OC(n2cnc3c(Cl)nc(F)nc32)[C@H](O)[C@@H]1C. The van der Waals surface area contributed by atoms with E-state index in [4.69, 9.17) is 16.3 Å². The topological polar surface area (TPSA) is 73.1 Å². The number of hydrogen-bond donors (Lipinski definition) is 1. The van der Waals surface area contributed by atoms with E-state index in [1.54, 1.807) is 0 Å². The molecule has 0 aliphatic carbocycles. The summed E-state index contributed by atoms with van der Waals surface area (Å²) in [6.45, 7) is 3.90. The van der Waals surface area contributed by atoms with Crippen LogP contribution < -0.4 is 0 Å². The summed E-state index contributed by atoms with van der Waals surface area (Å²) in [5, 5.41) is 10.2. The Morgan fingerprint density at radius 3 is 2.90 bits per heavy atom. The molecule has 6 nitrogen and oxygen atoms in total. The highest BCUT2D eigenvalue weighted by Crippen LogP contribution is 2.36. The van der Waals surface area contributed by atoms with E-state index in [1.807, 2.05) is 13.8 Å². The lowest BCUT2D eigenvalue weighted by molar-refractivity contribution is -0.0355. The third-order valence-corrected chi connectivity index (χ3v) is 4.02. The minimum atomic E-state index is -0.933. The second-order valence-electron chi connectivity index (χ2n) is 4.93. The van der Waals surface area contributed by atoms with Gasteiger partial charge in [-0.05, 0) is 6.42 Å². The van der Waals surface area contributed by atoms with Crippen molar-refractivity contribution in [2.24, 2.45) is 5.92 Å². The Morgan fingerprint density at radius 2 is 2.25 bits per heavy atom. The van der Waals surface area contributed by atoms with E-state index >= 15 is 0 Å². The number of fused-ring (bicyclic) bond motifs is 1. The van der Waals surface area contributed by atoms with Gasteiger partial charge in [0, 0.05) is 5.92 Å². The molecule has 1 aliphatic heterocycles. The van der Waals surface area contributed by atoms with Gasteiger partial charge in [-0.3, -0.25) is 4.57 Å². The van der Waals surface area contributed by atoms with Crippen LogP contribution in [0.25, 0.3) is 11.2 Å². The highest BCUT2D eigenvalue weighted by Gasteiger charge is 2.41. The molecule has 0 amide bonds. The number of rotatable bonds is 2. The van der Waals surface area contributed by atoms with Crippen molar-refractivity contribution in [1.82, 2.24) is 19.5 Å². The molecule has 8 heteroatoms. The van der Waals surface area contributed by atoms with Crippen LogP contribution in [0, 0.1) is 12.0 Å². The number of aliphatic hydroxyl groups excluding tert-OH is 1. The van der Waals surface area contributed by atoms with Crippen LogP contribution in [-0.2, 0) is 4.74 Å². The summed E-state index contributed by atoms with van der Waals surface area (Å²) in [5.74, 6) is -0.0235. The molecule has 108 valence electrons. The predicted molar refractivity (Wildman–Crippen MR) is 69.7 cm³/mol. The molecule has 0 spiro atoms. The van der Waals surface area contributed by atoms with Gasteiger partial charge in [-0.1, -0.05) is 25.4 Å². The predicted octanol–water partition coefficient (Wildman–Crippen LogP) is 1.92. The monoisotopic (exact) mass is 300 g/mol. The third-order valence-electron chi connectivity index (χ3n) is 3.76. The van der Waals surface area contributed by atoms with Crippen molar-refractivity contribution in [2.45, 2.75) is 38.7 Å². The van der Waals surface area contributed by atoms with Crippen LogP contribution in [0.5, 0.6) is 0 Å². The standard InChI is InChI=1S/C12H14ClFN4O2/c1-3-6-5(2)8(19)11(20-6)18-4-15-7-9(13)16-12(14)17-10(7)18/h4-6,8,11,19H,3H2,1-2H3/t5-,6-,8-,11?/m1/s1. The molecule has 1 saturated heterocycles. The summed E-state index contributed by atoms with van der Waals surface area (Å²) in [7, 11) is 0. The fourth-order valence-corrected chi connectivity index (χ4v) is 2.81. The van der Waals surface area contributed by atoms with Crippen LogP contribution in [0.1, 0.15) is 26.5 Å². The molecule has 0 radical (unpaired) electrons. The first-order valence-corrected chi connectivity index (χ1v) is 6.79. The van der Waals surface area contributed by atoms with Crippen molar-refractivity contribution < 1.29 is 14.2 Å². The van der Waals surface area contributed by atoms with Gasteiger partial charge in [-0.2, -0.15) is 14.4 Å². The second kappa shape index (κ2) is 4.91. The minimum absolute atomic E-state index is 0.0235. The normalized spacial score (nSPS) is 30.2. The Kier molecular flexibility index (Phi) is 3.35. The maximum Gasteiger partial charge on any atom is 0.312 e. The van der Waals surface area contributed by atoms with Gasteiger partial charge in [0.25, 0.3) is 0 Å². The fourth-order valence-electron chi connectivity index (χ4n) is 2.60. The smallest absolute Gasteiger partial charge is 0.312 e. The summed E-state index contributed by atoms with van der Waals surface area (Å²) in [5.41, 5.74) is 0.506. The van der Waals surface area contributed by atoms with E-state index in [-0.39, 0.29) is 28.3 Å². The van der Waals surface area contributed by atoms with Gasteiger partial charge in [0.2, 0.25) is 0 Å². The van der Waals surface area contributed by atoms with E-state index < -0.39 is 18.4 Å². The summed E-state index contributed by atoms with van der Waals surface area (Å²) in [6, 6.07) is 0. The van der Waals surface area contributed by atoms with Gasteiger partial charge in [-0.25, -0.2) is 4.98 Å². The van der Waals surface area contributed by atoms with Crippen LogP contribution in [0.4, 0.5) is 4.39 Å². The lowest BCUT2D eigenvalue weighted by Crippen LogP contribution is -2.24. The molecule has 3 heterocycles. The first-order valence-electron chi connectivity index (χ1n) is 6.42. The molecule has 2 aromatic heterocycles. The first kappa shape index (κ1) is 13.7. The number of halogens is 2. The van der Waals surface area contributed by atoms with Crippen molar-refractivity contribution in [2.75, 3.05) is 0 Å². The van der Waals surface area contributed by atoms with Crippen molar-refractivity contribution in [3.8, 4) is 0 Å². The number of aromatic nitrogens is 4. The highest BCUT2D eigenvalue weighted by atomic mass is 35.5. The van der Waals surface area contributed by atoms with Crippen LogP contribution in [0.15, 0.2) is 6.33 Å². The Morgan fingerprint density at radius 1 is 1.50 bits per heavy atom. The molecule has 3 rings (SSSR count). The first-order chi connectivity index (χ1) is 9.52. The molecular weight excluding hydrogens is 287 g/mol. The molecule has 0 saturated carbocycles. The number of ether oxygens (including phenoxy) is 1. The van der Waals surface area contributed by atoms with E-state index in [0.717, 1.165) is 6.42 Å². The zero-order valence-electron chi connectivity index (χ0n) is 11.0. The fraction of sp³-hybridized carbons (Fsp3) is 0.583. The number of nitrogens with zero attached hydrogens (tertiary/aromatic N) is 4. The molecule has 20 heavy (non-hydrogen) atoms. The van der Waals surface area contributed by atoms with Crippen LogP contribution in [0.3, 0.4) is 0 Å². The van der Waals surface area contributed by atoms with Crippen molar-refractivity contribution in [3.63, 3.8) is 0 Å². The van der Waals surface area contributed by atoms with E-state index in [1.165, 1.54) is 10.9 Å². The number of hydrogen-bond acceptors (Lipinski definition) is 5. The minimum Gasteiger partial charge on any atom is -0.388 e. The zero-order chi connectivity index (χ0) is 14.4. The maximum atomic E-state index is 13.3. The molecule has 0 bridgehead atoms. The molecule has 0 aromatic carbocycles. The number of aliphatic hydroxyl groups is 1. The number of imidazole rings is 1. The van der Waals surface area contributed by atoms with E-state index in [9.17, 15) is 9.50 Å². The maximum absolute atomic E-state index is 13.3. The zero-order valence-corrected chi connectivity index (χ0v) is 11.8. The highest BCUT2D eigenvalue weighted by molar-refractivity contribution is 6.33. The molecule has 2 aromatic rings. The van der Waals surface area contributed by atoms with Gasteiger partial charge < -0.3 is 9.84 Å². The quantitative estimate of drug-likeness (QED) is 0.677. The van der Waals surface area contributed by atoms with Gasteiger partial charge >= 0.3 is 6.08 Å². The van der Waals surface area contributed by atoms with Crippen LogP contribution >= 0.6 is 11.6 Å². The van der Waals surface area contributed by atoms with E-state index in [2.05, 4.69) is 15.0 Å². The molecule has 1 unspecified atom stereocenters. The van der Waals surface area contributed by atoms with Gasteiger partial charge in [-0.15, -0.1) is 0 Å². The second-order valence-corrected chi connectivity index (χ2v) is 5.29. The Labute approximate surface area is 119 Å². The van der Waals surface area contributed by atoms with E-state index in [0.29, 0.717) is 0 Å². The van der Waals surface area contributed by atoms with Gasteiger partial charge in [0.15, 0.2) is 17.0 Å². The lowest BCUT2D eigenvalue weighted by Gasteiger charge is -2.16. The molecule has 1 fully saturated rings. The Hall–Kier alpha value is -1.31. The average Bonchev–Trinajstić information content (AvgIpc) is 2.93.